The van der Waals surface area contributed by atoms with Gasteiger partial charge in [0.25, 0.3) is 0 Å². The Labute approximate surface area is 376 Å². The van der Waals surface area contributed by atoms with Crippen molar-refractivity contribution in [2.24, 2.45) is 23.7 Å². The molecule has 342 valence electrons. The lowest BCUT2D eigenvalue weighted by atomic mass is 9.67. The number of ether oxygens (including phenoxy) is 8. The van der Waals surface area contributed by atoms with Crippen molar-refractivity contribution in [2.45, 2.75) is 165 Å². The van der Waals surface area contributed by atoms with Crippen LogP contribution in [0.1, 0.15) is 108 Å². The Morgan fingerprint density at radius 1 is 0.903 bits per heavy atom. The van der Waals surface area contributed by atoms with Gasteiger partial charge in [-0.15, -0.1) is 11.3 Å². The highest BCUT2D eigenvalue weighted by molar-refractivity contribution is 7.15. The number of carbonyl (C=O) groups is 2. The SMILES string of the molecule is CC[C@H]1CCC[C@H](O[C@H]2CC[C@H](N(C)C)C(C)O2)[C@@H](C)C(=O)C2=C[C@H]3[C@@H]4C[C@H](O[C@@H]5OC(C)[C@H](OC)C(OC)C5OC)C[C@H]4c4sc(-c5cccc(Cl)c5)nc4[C@H]3[C@@H]2CC(=O)O1. The Bertz CT molecular complexity index is 1930. The average Bonchev–Trinajstić information content (AvgIpc) is 3.97. The summed E-state index contributed by atoms with van der Waals surface area (Å²) in [6, 6.07) is 8.11. The lowest BCUT2D eigenvalue weighted by Gasteiger charge is -2.44. The summed E-state index contributed by atoms with van der Waals surface area (Å²) in [7, 11) is 9.14. The molecule has 1 aromatic carbocycles. The first kappa shape index (κ1) is 46.2. The third-order valence-corrected chi connectivity index (χ3v) is 16.5. The number of cyclic esters (lactones) is 1. The van der Waals surface area contributed by atoms with E-state index >= 15 is 4.79 Å². The fourth-order valence-corrected chi connectivity index (χ4v) is 13.3. The summed E-state index contributed by atoms with van der Waals surface area (Å²) >= 11 is 8.23. The number of benzene rings is 1. The molecule has 6 aliphatic rings. The highest BCUT2D eigenvalue weighted by atomic mass is 35.5. The number of allylic oxidation sites excluding steroid dienone is 2. The Balaban J connectivity index is 1.14. The topological polar surface area (TPSA) is 124 Å². The first-order chi connectivity index (χ1) is 29.8. The first-order valence-electron chi connectivity index (χ1n) is 22.9. The van der Waals surface area contributed by atoms with E-state index in [1.807, 2.05) is 38.1 Å². The second-order valence-electron chi connectivity index (χ2n) is 18.8. The highest BCUT2D eigenvalue weighted by Gasteiger charge is 2.57. The van der Waals surface area contributed by atoms with Crippen LogP contribution in [0.2, 0.25) is 5.02 Å². The van der Waals surface area contributed by atoms with Crippen LogP contribution >= 0.6 is 22.9 Å². The number of hydrogen-bond donors (Lipinski definition) is 0. The normalized spacial score (nSPS) is 40.1. The largest absolute Gasteiger partial charge is 0.462 e. The van der Waals surface area contributed by atoms with Gasteiger partial charge in [0.2, 0.25) is 0 Å². The standard InChI is InChI=1S/C48H67ClN2O10S/c1-10-29-15-12-16-37(61-39-18-17-36(51(5)6)25(3)57-39)24(2)42(53)34-22-32-31-20-30(60-48-45(56-9)44(55-8)43(54-7)26(4)58-48)21-35(31)46-41(40(32)33(34)23-38(52)59-29)50-47(62-46)27-13-11-14-28(49)19-27/h11,13-14,19,22,24-26,29-33,35-37,39-40,43-45,48H,10,12,15-18,20-21,23H2,1-9H3/t24-,25?,26?,29+,30+,31+,32+,33-,35-,36+,37+,39+,40-,43+,44?,45?,48+/m1/s1. The molecule has 0 amide bonds. The van der Waals surface area contributed by atoms with E-state index in [9.17, 15) is 4.79 Å². The maximum Gasteiger partial charge on any atom is 0.306 e. The number of carbonyl (C=O) groups excluding carboxylic acids is 2. The third kappa shape index (κ3) is 9.11. The Hall–Kier alpha value is -2.30. The summed E-state index contributed by atoms with van der Waals surface area (Å²) in [5.41, 5.74) is 2.61. The number of hydrogen-bond acceptors (Lipinski definition) is 13. The molecule has 1 saturated carbocycles. The van der Waals surface area contributed by atoms with E-state index in [0.29, 0.717) is 29.5 Å². The molecule has 0 N–H and O–H groups in total. The Morgan fingerprint density at radius 3 is 2.37 bits per heavy atom. The molecular weight excluding hydrogens is 832 g/mol. The van der Waals surface area contributed by atoms with Gasteiger partial charge in [-0.25, -0.2) is 4.98 Å². The van der Waals surface area contributed by atoms with Crippen LogP contribution in [-0.2, 0) is 47.5 Å². The van der Waals surface area contributed by atoms with Gasteiger partial charge in [-0.3, -0.25) is 9.59 Å². The Kier molecular flexibility index (Phi) is 14.7. The fraction of sp³-hybridized carbons (Fsp3) is 0.729. The second kappa shape index (κ2) is 19.7. The molecule has 2 aromatic rings. The van der Waals surface area contributed by atoms with E-state index in [0.717, 1.165) is 54.8 Å². The average molecular weight is 900 g/mol. The zero-order chi connectivity index (χ0) is 44.0. The number of likely N-dealkylation sites (N-methyl/N-ethyl adjacent to an activating group) is 1. The molecule has 1 aromatic heterocycles. The minimum atomic E-state index is -0.669. The lowest BCUT2D eigenvalue weighted by Crippen LogP contribution is -2.59. The molecular formula is C48H67ClN2O10S. The fourth-order valence-electron chi connectivity index (χ4n) is 11.8. The van der Waals surface area contributed by atoms with Gasteiger partial charge in [0.05, 0.1) is 36.5 Å². The van der Waals surface area contributed by atoms with Crippen LogP contribution < -0.4 is 0 Å². The van der Waals surface area contributed by atoms with E-state index in [1.165, 1.54) is 4.88 Å². The zero-order valence-corrected chi connectivity index (χ0v) is 39.4. The van der Waals surface area contributed by atoms with Crippen LogP contribution in [0.4, 0.5) is 0 Å². The first-order valence-corrected chi connectivity index (χ1v) is 24.1. The molecule has 4 heterocycles. The van der Waals surface area contributed by atoms with Crippen molar-refractivity contribution in [3.05, 3.63) is 51.5 Å². The number of nitrogens with zero attached hydrogens (tertiary/aromatic N) is 2. The number of aromatic nitrogens is 1. The van der Waals surface area contributed by atoms with Gasteiger partial charge in [0.1, 0.15) is 29.4 Å². The van der Waals surface area contributed by atoms with Gasteiger partial charge < -0.3 is 42.8 Å². The van der Waals surface area contributed by atoms with Crippen LogP contribution in [0.3, 0.4) is 0 Å². The highest BCUT2D eigenvalue weighted by Crippen LogP contribution is 2.63. The second-order valence-corrected chi connectivity index (χ2v) is 20.2. The van der Waals surface area contributed by atoms with Crippen LogP contribution in [-0.4, -0.2) is 125 Å². The number of halogens is 1. The predicted octanol–water partition coefficient (Wildman–Crippen LogP) is 8.34. The number of Topliss-reactive ketones (excluding diaryl/α,β-unsaturated/α-hetero) is 1. The number of esters is 1. The van der Waals surface area contributed by atoms with Crippen molar-refractivity contribution in [3.8, 4) is 10.6 Å². The van der Waals surface area contributed by atoms with Crippen molar-refractivity contribution in [3.63, 3.8) is 0 Å². The number of ketones is 1. The molecule has 3 aliphatic heterocycles. The maximum absolute atomic E-state index is 15.2. The molecule has 0 bridgehead atoms. The van der Waals surface area contributed by atoms with Crippen LogP contribution in [0, 0.1) is 23.7 Å². The summed E-state index contributed by atoms with van der Waals surface area (Å²) in [5.74, 6) is -1.09. The number of methoxy groups -OCH3 is 3. The van der Waals surface area contributed by atoms with E-state index in [4.69, 9.17) is 54.5 Å². The van der Waals surface area contributed by atoms with E-state index in [2.05, 4.69) is 38.9 Å². The van der Waals surface area contributed by atoms with Gasteiger partial charge in [0.15, 0.2) is 18.4 Å². The van der Waals surface area contributed by atoms with Gasteiger partial charge in [-0.05, 0) is 109 Å². The quantitative estimate of drug-likeness (QED) is 0.213. The van der Waals surface area contributed by atoms with Gasteiger partial charge >= 0.3 is 5.97 Å². The van der Waals surface area contributed by atoms with Crippen molar-refractivity contribution < 1.29 is 47.5 Å². The molecule has 4 unspecified atom stereocenters. The summed E-state index contributed by atoms with van der Waals surface area (Å²) in [4.78, 5) is 38.1. The Morgan fingerprint density at radius 2 is 1.68 bits per heavy atom. The molecule has 0 spiro atoms. The van der Waals surface area contributed by atoms with Crippen molar-refractivity contribution in [1.82, 2.24) is 9.88 Å². The molecule has 8 rings (SSSR count). The molecule has 62 heavy (non-hydrogen) atoms. The predicted molar refractivity (Wildman–Crippen MR) is 236 cm³/mol. The smallest absolute Gasteiger partial charge is 0.306 e. The zero-order valence-electron chi connectivity index (χ0n) is 37.8. The van der Waals surface area contributed by atoms with Crippen LogP contribution in [0.25, 0.3) is 10.6 Å². The minimum absolute atomic E-state index is 0.00310. The van der Waals surface area contributed by atoms with Crippen LogP contribution in [0.15, 0.2) is 35.9 Å². The lowest BCUT2D eigenvalue weighted by molar-refractivity contribution is -0.314. The third-order valence-electron chi connectivity index (χ3n) is 15.0. The molecule has 0 radical (unpaired) electrons. The molecule has 4 fully saturated rings. The maximum atomic E-state index is 15.2. The summed E-state index contributed by atoms with van der Waals surface area (Å²) in [6.45, 7) is 8.15. The van der Waals surface area contributed by atoms with E-state index in [1.54, 1.807) is 32.7 Å². The molecule has 3 aliphatic carbocycles. The monoisotopic (exact) mass is 898 g/mol. The minimum Gasteiger partial charge on any atom is -0.462 e. The van der Waals surface area contributed by atoms with Crippen LogP contribution in [0.5, 0.6) is 0 Å². The molecule has 17 atom stereocenters. The molecule has 3 saturated heterocycles. The van der Waals surface area contributed by atoms with Gasteiger partial charge in [-0.1, -0.05) is 43.7 Å². The van der Waals surface area contributed by atoms with E-state index < -0.39 is 30.5 Å². The van der Waals surface area contributed by atoms with Crippen molar-refractivity contribution >= 4 is 34.7 Å². The summed E-state index contributed by atoms with van der Waals surface area (Å²) in [6.07, 6.45) is 5.12. The van der Waals surface area contributed by atoms with Gasteiger partial charge in [0, 0.05) is 66.5 Å². The van der Waals surface area contributed by atoms with Gasteiger partial charge in [-0.2, -0.15) is 0 Å². The van der Waals surface area contributed by atoms with Crippen molar-refractivity contribution in [1.29, 1.82) is 0 Å². The summed E-state index contributed by atoms with van der Waals surface area (Å²) in [5, 5.41) is 1.51. The van der Waals surface area contributed by atoms with Crippen molar-refractivity contribution in [2.75, 3.05) is 35.4 Å². The molecule has 12 nitrogen and oxygen atoms in total. The number of thiazole rings is 1. The summed E-state index contributed by atoms with van der Waals surface area (Å²) < 4.78 is 50.6. The molecule has 14 heteroatoms. The number of rotatable bonds is 10. The number of fused-ring (bicyclic) bond motifs is 8. The van der Waals surface area contributed by atoms with E-state index in [-0.39, 0.29) is 84.6 Å².